The molecule has 0 unspecified atom stereocenters. The van der Waals surface area contributed by atoms with E-state index in [0.717, 1.165) is 0 Å². The van der Waals surface area contributed by atoms with Crippen LogP contribution in [0.4, 0.5) is 18.9 Å². The molecule has 0 saturated heterocycles. The van der Waals surface area contributed by atoms with Crippen molar-refractivity contribution in [2.45, 2.75) is 0 Å². The van der Waals surface area contributed by atoms with E-state index >= 15 is 0 Å². The zero-order valence-corrected chi connectivity index (χ0v) is 7.02. The molecular weight excluding hydrogens is 191 g/mol. The fourth-order valence-electron chi connectivity index (χ4n) is 0.791. The van der Waals surface area contributed by atoms with E-state index in [2.05, 4.69) is 5.92 Å². The minimum Gasteiger partial charge on any atom is -0.399 e. The smallest absolute Gasteiger partial charge is 0.314 e. The van der Waals surface area contributed by atoms with Gasteiger partial charge in [0.25, 0.3) is 0 Å². The Balaban J connectivity index is 2.94. The van der Waals surface area contributed by atoms with E-state index in [1.165, 1.54) is 6.07 Å². The van der Waals surface area contributed by atoms with Crippen LogP contribution in [0.1, 0.15) is 5.56 Å². The van der Waals surface area contributed by atoms with Crippen molar-refractivity contribution in [2.24, 2.45) is 0 Å². The first-order valence-electron chi connectivity index (χ1n) is 3.68. The Kier molecular flexibility index (Phi) is 3.19. The minimum atomic E-state index is -2.42. The maximum Gasteiger partial charge on any atom is 0.314 e. The Hall–Kier alpha value is -1.89. The van der Waals surface area contributed by atoms with Gasteiger partial charge in [0.2, 0.25) is 5.83 Å². The highest BCUT2D eigenvalue weighted by atomic mass is 19.3. The Morgan fingerprint density at radius 1 is 1.21 bits per heavy atom. The van der Waals surface area contributed by atoms with Gasteiger partial charge in [-0.25, -0.2) is 0 Å². The molecule has 0 aliphatic carbocycles. The first-order valence-corrected chi connectivity index (χ1v) is 3.68. The number of rotatable bonds is 0. The monoisotopic (exact) mass is 197 g/mol. The van der Waals surface area contributed by atoms with Crippen LogP contribution in [0, 0.1) is 11.8 Å². The lowest BCUT2D eigenvalue weighted by Crippen LogP contribution is -1.84. The second-order valence-electron chi connectivity index (χ2n) is 2.45. The summed E-state index contributed by atoms with van der Waals surface area (Å²) in [6.45, 7) is 0. The molecule has 0 fully saturated rings. The molecule has 0 radical (unpaired) electrons. The number of anilines is 1. The van der Waals surface area contributed by atoms with E-state index in [1.807, 2.05) is 0 Å². The summed E-state index contributed by atoms with van der Waals surface area (Å²) < 4.78 is 35.4. The predicted octanol–water partition coefficient (Wildman–Crippen LogP) is 2.70. The first kappa shape index (κ1) is 10.2. The summed E-state index contributed by atoms with van der Waals surface area (Å²) in [5.74, 6) is 2.19. The lowest BCUT2D eigenvalue weighted by atomic mass is 10.2. The summed E-state index contributed by atoms with van der Waals surface area (Å²) in [6.07, 6.45) is -2.42. The molecule has 4 heteroatoms. The highest BCUT2D eigenvalue weighted by Crippen LogP contribution is 2.09. The zero-order chi connectivity index (χ0) is 10.6. The van der Waals surface area contributed by atoms with Crippen LogP contribution in [0.3, 0.4) is 0 Å². The number of hydrogen-bond acceptors (Lipinski definition) is 1. The lowest BCUT2D eigenvalue weighted by molar-refractivity contribution is 0.389. The minimum absolute atomic E-state index is 0.390. The van der Waals surface area contributed by atoms with Crippen molar-refractivity contribution in [1.82, 2.24) is 0 Å². The fourth-order valence-corrected chi connectivity index (χ4v) is 0.791. The number of halogens is 3. The second-order valence-corrected chi connectivity index (χ2v) is 2.45. The van der Waals surface area contributed by atoms with Crippen LogP contribution in [-0.2, 0) is 0 Å². The molecule has 2 N–H and O–H groups in total. The third-order valence-electron chi connectivity index (χ3n) is 1.37. The maximum absolute atomic E-state index is 12.2. The molecule has 0 spiro atoms. The first-order chi connectivity index (χ1) is 6.59. The number of benzene rings is 1. The molecule has 0 aromatic heterocycles. The Labute approximate surface area is 79.0 Å². The van der Waals surface area contributed by atoms with E-state index in [9.17, 15) is 13.2 Å². The molecule has 1 nitrogen and oxygen atoms in total. The van der Waals surface area contributed by atoms with Gasteiger partial charge in [-0.3, -0.25) is 0 Å². The summed E-state index contributed by atoms with van der Waals surface area (Å²) in [4.78, 5) is 0. The van der Waals surface area contributed by atoms with E-state index in [-0.39, 0.29) is 0 Å². The van der Waals surface area contributed by atoms with Gasteiger partial charge in [-0.1, -0.05) is 12.0 Å². The van der Waals surface area contributed by atoms with Crippen molar-refractivity contribution < 1.29 is 13.2 Å². The van der Waals surface area contributed by atoms with Crippen molar-refractivity contribution in [2.75, 3.05) is 5.73 Å². The van der Waals surface area contributed by atoms with Crippen molar-refractivity contribution in [3.8, 4) is 11.8 Å². The predicted molar refractivity (Wildman–Crippen MR) is 48.1 cm³/mol. The largest absolute Gasteiger partial charge is 0.399 e. The van der Waals surface area contributed by atoms with Gasteiger partial charge in [-0.15, -0.1) is 0 Å². The molecule has 1 aromatic carbocycles. The van der Waals surface area contributed by atoms with Crippen LogP contribution < -0.4 is 5.73 Å². The topological polar surface area (TPSA) is 26.0 Å². The van der Waals surface area contributed by atoms with Crippen molar-refractivity contribution in [1.29, 1.82) is 0 Å². The van der Waals surface area contributed by atoms with Gasteiger partial charge in [-0.05, 0) is 24.1 Å². The lowest BCUT2D eigenvalue weighted by Gasteiger charge is -1.91. The molecule has 1 rings (SSSR count). The Bertz CT molecular complexity index is 422. The molecule has 0 amide bonds. The molecule has 0 bridgehead atoms. The van der Waals surface area contributed by atoms with Crippen LogP contribution >= 0.6 is 0 Å². The standard InChI is InChI=1S/C10H6F3N/c11-9(10(12)13)5-4-7-2-1-3-8(14)6-7/h1-3,6H,14H2. The molecule has 72 valence electrons. The number of hydrogen-bond donors (Lipinski definition) is 1. The Morgan fingerprint density at radius 2 is 1.93 bits per heavy atom. The van der Waals surface area contributed by atoms with E-state index in [0.29, 0.717) is 11.3 Å². The van der Waals surface area contributed by atoms with Crippen LogP contribution in [-0.4, -0.2) is 0 Å². The van der Waals surface area contributed by atoms with Gasteiger partial charge < -0.3 is 5.73 Å². The average Bonchev–Trinajstić information content (AvgIpc) is 2.14. The van der Waals surface area contributed by atoms with Gasteiger partial charge >= 0.3 is 6.08 Å². The molecule has 0 aliphatic rings. The number of allylic oxidation sites excluding steroid dienone is 1. The number of nitrogens with two attached hydrogens (primary N) is 1. The van der Waals surface area contributed by atoms with E-state index in [4.69, 9.17) is 5.73 Å². The summed E-state index contributed by atoms with van der Waals surface area (Å²) in [5.41, 5.74) is 6.24. The third kappa shape index (κ3) is 2.87. The molecule has 1 aromatic rings. The van der Waals surface area contributed by atoms with Gasteiger partial charge in [0.15, 0.2) is 0 Å². The third-order valence-corrected chi connectivity index (χ3v) is 1.37. The molecule has 0 atom stereocenters. The maximum atomic E-state index is 12.2. The quantitative estimate of drug-likeness (QED) is 0.502. The summed E-state index contributed by atoms with van der Waals surface area (Å²) in [6, 6.07) is 6.24. The highest BCUT2D eigenvalue weighted by molar-refractivity contribution is 5.48. The van der Waals surface area contributed by atoms with E-state index < -0.39 is 11.9 Å². The van der Waals surface area contributed by atoms with Crippen molar-refractivity contribution in [3.63, 3.8) is 0 Å². The van der Waals surface area contributed by atoms with Gasteiger partial charge in [-0.2, -0.15) is 13.2 Å². The molecular formula is C10H6F3N. The van der Waals surface area contributed by atoms with Crippen LogP contribution in [0.5, 0.6) is 0 Å². The molecule has 0 saturated carbocycles. The normalized spacial score (nSPS) is 8.79. The average molecular weight is 197 g/mol. The van der Waals surface area contributed by atoms with Crippen molar-refractivity contribution in [3.05, 3.63) is 41.7 Å². The van der Waals surface area contributed by atoms with Crippen molar-refractivity contribution >= 4 is 5.69 Å². The molecule has 14 heavy (non-hydrogen) atoms. The zero-order valence-electron chi connectivity index (χ0n) is 7.02. The van der Waals surface area contributed by atoms with Gasteiger partial charge in [0.1, 0.15) is 0 Å². The molecule has 0 heterocycles. The second kappa shape index (κ2) is 4.38. The summed E-state index contributed by atoms with van der Waals surface area (Å²) in [5, 5.41) is 0. The highest BCUT2D eigenvalue weighted by Gasteiger charge is 1.98. The van der Waals surface area contributed by atoms with Crippen LogP contribution in [0.2, 0.25) is 0 Å². The van der Waals surface area contributed by atoms with Gasteiger partial charge in [0.05, 0.1) is 0 Å². The van der Waals surface area contributed by atoms with Gasteiger partial charge in [0, 0.05) is 11.3 Å². The SMILES string of the molecule is Nc1cccc(C#CC(F)=C(F)F)c1. The fraction of sp³-hybridized carbons (Fsp3) is 0. The van der Waals surface area contributed by atoms with Crippen LogP contribution in [0.25, 0.3) is 0 Å². The summed E-state index contributed by atoms with van der Waals surface area (Å²) >= 11 is 0. The van der Waals surface area contributed by atoms with Crippen LogP contribution in [0.15, 0.2) is 36.2 Å². The number of nitrogen functional groups attached to an aromatic ring is 1. The molecule has 0 aliphatic heterocycles. The Morgan fingerprint density at radius 3 is 2.50 bits per heavy atom. The van der Waals surface area contributed by atoms with E-state index in [1.54, 1.807) is 24.1 Å². The summed E-state index contributed by atoms with van der Waals surface area (Å²) in [7, 11) is 0.